The van der Waals surface area contributed by atoms with Crippen molar-refractivity contribution < 1.29 is 14.6 Å². The van der Waals surface area contributed by atoms with E-state index in [1.807, 2.05) is 18.2 Å². The molecule has 0 heterocycles. The summed E-state index contributed by atoms with van der Waals surface area (Å²) < 4.78 is 5.28. The maximum Gasteiger partial charge on any atom is 0.258 e. The van der Waals surface area contributed by atoms with Gasteiger partial charge < -0.3 is 15.2 Å². The Hall–Kier alpha value is -1.55. The summed E-state index contributed by atoms with van der Waals surface area (Å²) in [5, 5.41) is 12.2. The van der Waals surface area contributed by atoms with Crippen molar-refractivity contribution in [2.45, 2.75) is 18.9 Å². The van der Waals surface area contributed by atoms with E-state index in [-0.39, 0.29) is 12.5 Å². The van der Waals surface area contributed by atoms with Crippen LogP contribution in [0, 0.1) is 5.92 Å². The lowest BCUT2D eigenvalue weighted by Crippen LogP contribution is -2.36. The average molecular weight is 235 g/mol. The van der Waals surface area contributed by atoms with Crippen molar-refractivity contribution in [2.75, 3.05) is 13.2 Å². The standard InChI is InChI=1S/C13H17NO3/c15-12(10-6-7-10)8-14-13(16)9-17-11-4-2-1-3-5-11/h1-5,10,12,15H,6-9H2,(H,14,16). The Morgan fingerprint density at radius 3 is 2.76 bits per heavy atom. The summed E-state index contributed by atoms with van der Waals surface area (Å²) in [7, 11) is 0. The second-order valence-electron chi connectivity index (χ2n) is 4.31. The molecule has 0 aliphatic heterocycles. The quantitative estimate of drug-likeness (QED) is 0.772. The number of aliphatic hydroxyl groups excluding tert-OH is 1. The molecule has 0 bridgehead atoms. The van der Waals surface area contributed by atoms with Gasteiger partial charge >= 0.3 is 0 Å². The maximum absolute atomic E-state index is 11.4. The van der Waals surface area contributed by atoms with Crippen LogP contribution in [0.25, 0.3) is 0 Å². The molecule has 1 aliphatic rings. The summed E-state index contributed by atoms with van der Waals surface area (Å²) in [6.45, 7) is 0.309. The molecule has 17 heavy (non-hydrogen) atoms. The number of amides is 1. The molecule has 1 amide bonds. The Bertz CT molecular complexity index is 362. The summed E-state index contributed by atoms with van der Waals surface area (Å²) in [5.74, 6) is 0.851. The number of para-hydroxylation sites is 1. The highest BCUT2D eigenvalue weighted by atomic mass is 16.5. The van der Waals surface area contributed by atoms with Gasteiger partial charge in [-0.2, -0.15) is 0 Å². The van der Waals surface area contributed by atoms with Gasteiger partial charge in [-0.1, -0.05) is 18.2 Å². The first kappa shape index (κ1) is 11.9. The van der Waals surface area contributed by atoms with Crippen LogP contribution in [0.3, 0.4) is 0 Å². The Morgan fingerprint density at radius 1 is 1.41 bits per heavy atom. The smallest absolute Gasteiger partial charge is 0.258 e. The fraction of sp³-hybridized carbons (Fsp3) is 0.462. The molecule has 4 heteroatoms. The molecule has 1 aromatic rings. The number of carbonyl (C=O) groups excluding carboxylic acids is 1. The maximum atomic E-state index is 11.4. The van der Waals surface area contributed by atoms with Crippen molar-refractivity contribution in [1.82, 2.24) is 5.32 Å². The van der Waals surface area contributed by atoms with Crippen LogP contribution in [0.15, 0.2) is 30.3 Å². The van der Waals surface area contributed by atoms with Crippen molar-refractivity contribution in [2.24, 2.45) is 5.92 Å². The molecule has 1 fully saturated rings. The second kappa shape index (κ2) is 5.68. The molecule has 2 rings (SSSR count). The number of hydrogen-bond acceptors (Lipinski definition) is 3. The molecular weight excluding hydrogens is 218 g/mol. The fourth-order valence-electron chi connectivity index (χ4n) is 1.58. The summed E-state index contributed by atoms with van der Waals surface area (Å²) in [5.41, 5.74) is 0. The van der Waals surface area contributed by atoms with E-state index in [1.165, 1.54) is 0 Å². The topological polar surface area (TPSA) is 58.6 Å². The molecule has 0 saturated heterocycles. The number of rotatable bonds is 6. The van der Waals surface area contributed by atoms with E-state index < -0.39 is 6.10 Å². The first-order valence-electron chi connectivity index (χ1n) is 5.88. The second-order valence-corrected chi connectivity index (χ2v) is 4.31. The number of ether oxygens (including phenoxy) is 1. The van der Waals surface area contributed by atoms with E-state index in [4.69, 9.17) is 4.74 Å². The number of carbonyl (C=O) groups is 1. The zero-order valence-corrected chi connectivity index (χ0v) is 9.63. The highest BCUT2D eigenvalue weighted by Gasteiger charge is 2.29. The van der Waals surface area contributed by atoms with E-state index >= 15 is 0 Å². The predicted molar refractivity (Wildman–Crippen MR) is 63.7 cm³/mol. The Morgan fingerprint density at radius 2 is 2.12 bits per heavy atom. The molecule has 92 valence electrons. The van der Waals surface area contributed by atoms with Gasteiger partial charge in [0.2, 0.25) is 0 Å². The van der Waals surface area contributed by atoms with Crippen molar-refractivity contribution in [3.05, 3.63) is 30.3 Å². The van der Waals surface area contributed by atoms with E-state index in [1.54, 1.807) is 12.1 Å². The van der Waals surface area contributed by atoms with Gasteiger partial charge in [-0.15, -0.1) is 0 Å². The monoisotopic (exact) mass is 235 g/mol. The van der Waals surface area contributed by atoms with Crippen molar-refractivity contribution in [3.63, 3.8) is 0 Å². The summed E-state index contributed by atoms with van der Waals surface area (Å²) >= 11 is 0. The molecule has 4 nitrogen and oxygen atoms in total. The lowest BCUT2D eigenvalue weighted by Gasteiger charge is -2.11. The molecule has 0 radical (unpaired) electrons. The molecule has 1 atom stereocenters. The van der Waals surface area contributed by atoms with Gasteiger partial charge in [-0.05, 0) is 30.9 Å². The molecule has 0 spiro atoms. The minimum atomic E-state index is -0.407. The van der Waals surface area contributed by atoms with Crippen LogP contribution in [0.2, 0.25) is 0 Å². The third-order valence-corrected chi connectivity index (χ3v) is 2.79. The largest absolute Gasteiger partial charge is 0.484 e. The van der Waals surface area contributed by atoms with E-state index in [0.29, 0.717) is 18.2 Å². The number of nitrogens with one attached hydrogen (secondary N) is 1. The van der Waals surface area contributed by atoms with Gasteiger partial charge in [-0.25, -0.2) is 0 Å². The van der Waals surface area contributed by atoms with Crippen LogP contribution >= 0.6 is 0 Å². The number of aliphatic hydroxyl groups is 1. The lowest BCUT2D eigenvalue weighted by atomic mass is 10.2. The molecular formula is C13H17NO3. The average Bonchev–Trinajstić information content (AvgIpc) is 3.19. The van der Waals surface area contributed by atoms with Crippen molar-refractivity contribution >= 4 is 5.91 Å². The zero-order chi connectivity index (χ0) is 12.1. The first-order valence-corrected chi connectivity index (χ1v) is 5.88. The van der Waals surface area contributed by atoms with Gasteiger partial charge in [0.05, 0.1) is 6.10 Å². The van der Waals surface area contributed by atoms with Crippen LogP contribution in [0.1, 0.15) is 12.8 Å². The number of benzene rings is 1. The van der Waals surface area contributed by atoms with Gasteiger partial charge in [0, 0.05) is 6.54 Å². The predicted octanol–water partition coefficient (Wildman–Crippen LogP) is 0.952. The van der Waals surface area contributed by atoms with Gasteiger partial charge in [0.1, 0.15) is 5.75 Å². The van der Waals surface area contributed by atoms with Crippen molar-refractivity contribution in [1.29, 1.82) is 0 Å². The van der Waals surface area contributed by atoms with Crippen LogP contribution in [-0.4, -0.2) is 30.3 Å². The fourth-order valence-corrected chi connectivity index (χ4v) is 1.58. The van der Waals surface area contributed by atoms with Crippen LogP contribution < -0.4 is 10.1 Å². The summed E-state index contributed by atoms with van der Waals surface area (Å²) in [4.78, 5) is 11.4. The summed E-state index contributed by atoms with van der Waals surface area (Å²) in [6.07, 6.45) is 1.73. The number of hydrogen-bond donors (Lipinski definition) is 2. The SMILES string of the molecule is O=C(COc1ccccc1)NCC(O)C1CC1. The Labute approximate surface area is 101 Å². The van der Waals surface area contributed by atoms with E-state index in [9.17, 15) is 9.90 Å². The van der Waals surface area contributed by atoms with Crippen LogP contribution in [0.4, 0.5) is 0 Å². The minimum absolute atomic E-state index is 0.0125. The van der Waals surface area contributed by atoms with Gasteiger partial charge in [0.25, 0.3) is 5.91 Å². The highest BCUT2D eigenvalue weighted by molar-refractivity contribution is 5.77. The molecule has 1 aromatic carbocycles. The highest BCUT2D eigenvalue weighted by Crippen LogP contribution is 2.32. The van der Waals surface area contributed by atoms with Crippen LogP contribution in [-0.2, 0) is 4.79 Å². The minimum Gasteiger partial charge on any atom is -0.484 e. The molecule has 2 N–H and O–H groups in total. The molecule has 1 aliphatic carbocycles. The summed E-state index contributed by atoms with van der Waals surface area (Å²) in [6, 6.07) is 9.19. The zero-order valence-electron chi connectivity index (χ0n) is 9.63. The van der Waals surface area contributed by atoms with Crippen molar-refractivity contribution in [3.8, 4) is 5.75 Å². The van der Waals surface area contributed by atoms with E-state index in [0.717, 1.165) is 12.8 Å². The Balaban J connectivity index is 1.63. The first-order chi connectivity index (χ1) is 8.25. The van der Waals surface area contributed by atoms with Gasteiger partial charge in [-0.3, -0.25) is 4.79 Å². The molecule has 1 saturated carbocycles. The van der Waals surface area contributed by atoms with E-state index in [2.05, 4.69) is 5.32 Å². The molecule has 0 aromatic heterocycles. The normalized spacial score (nSPS) is 16.3. The third-order valence-electron chi connectivity index (χ3n) is 2.79. The Kier molecular flexibility index (Phi) is 3.98. The van der Waals surface area contributed by atoms with Gasteiger partial charge in [0.15, 0.2) is 6.61 Å². The lowest BCUT2D eigenvalue weighted by molar-refractivity contribution is -0.123. The third kappa shape index (κ3) is 4.07. The molecule has 1 unspecified atom stereocenters. The van der Waals surface area contributed by atoms with Crippen LogP contribution in [0.5, 0.6) is 5.75 Å².